The number of furan rings is 2. The fourth-order valence-electron chi connectivity index (χ4n) is 9.63. The summed E-state index contributed by atoms with van der Waals surface area (Å²) in [6.07, 6.45) is 0. The van der Waals surface area contributed by atoms with E-state index in [4.69, 9.17) is 8.83 Å². The minimum atomic E-state index is 0.872. The highest BCUT2D eigenvalue weighted by Crippen LogP contribution is 2.46. The topological polar surface area (TPSA) is 36.1 Å². The summed E-state index contributed by atoms with van der Waals surface area (Å²) in [6, 6.07) is 69.5. The van der Waals surface area contributed by atoms with Crippen LogP contribution in [0.1, 0.15) is 0 Å². The molecule has 0 N–H and O–H groups in total. The maximum atomic E-state index is 6.74. The predicted octanol–water partition coefficient (Wildman–Crippen LogP) is 15.0. The van der Waals surface area contributed by atoms with Gasteiger partial charge in [0.25, 0.3) is 0 Å². The lowest BCUT2D eigenvalue weighted by Gasteiger charge is -2.11. The van der Waals surface area contributed by atoms with Crippen molar-refractivity contribution in [1.29, 1.82) is 0 Å². The Kier molecular flexibility index (Phi) is 6.41. The maximum Gasteiger partial charge on any atom is 0.159 e. The van der Waals surface area contributed by atoms with Crippen molar-refractivity contribution in [2.75, 3.05) is 0 Å². The molecule has 4 heteroatoms. The van der Waals surface area contributed by atoms with Crippen molar-refractivity contribution < 1.29 is 8.83 Å². The monoisotopic (exact) mass is 740 g/mol. The van der Waals surface area contributed by atoms with Gasteiger partial charge in [0.05, 0.1) is 27.8 Å². The summed E-state index contributed by atoms with van der Waals surface area (Å²) in [6.45, 7) is 0. The second-order valence-electron chi connectivity index (χ2n) is 15.2. The number of hydrogen-bond acceptors (Lipinski definition) is 2. The van der Waals surface area contributed by atoms with Crippen molar-refractivity contribution in [3.63, 3.8) is 0 Å². The lowest BCUT2D eigenvalue weighted by Crippen LogP contribution is -1.95. The van der Waals surface area contributed by atoms with Crippen LogP contribution in [-0.2, 0) is 0 Å². The second kappa shape index (κ2) is 11.8. The van der Waals surface area contributed by atoms with Crippen LogP contribution < -0.4 is 0 Å². The molecule has 0 spiro atoms. The highest BCUT2D eigenvalue weighted by atomic mass is 16.3. The summed E-state index contributed by atoms with van der Waals surface area (Å²) in [5.41, 5.74) is 14.9. The Morgan fingerprint density at radius 3 is 1.74 bits per heavy atom. The number of fused-ring (bicyclic) bond motifs is 13. The van der Waals surface area contributed by atoms with Crippen LogP contribution in [0.2, 0.25) is 0 Å². The third-order valence-corrected chi connectivity index (χ3v) is 12.1. The molecule has 0 amide bonds. The number of nitrogens with zero attached hydrogens (tertiary/aromatic N) is 2. The normalized spacial score (nSPS) is 12.1. The van der Waals surface area contributed by atoms with E-state index in [1.54, 1.807) is 0 Å². The van der Waals surface area contributed by atoms with Crippen molar-refractivity contribution in [3.05, 3.63) is 194 Å². The molecule has 4 heterocycles. The van der Waals surface area contributed by atoms with Gasteiger partial charge in [-0.05, 0) is 82.9 Å². The van der Waals surface area contributed by atoms with Crippen LogP contribution in [0.3, 0.4) is 0 Å². The number of hydrogen-bond donors (Lipinski definition) is 0. The zero-order valence-electron chi connectivity index (χ0n) is 31.2. The largest absolute Gasteiger partial charge is 0.456 e. The molecule has 0 aliphatic rings. The van der Waals surface area contributed by atoms with Crippen LogP contribution in [0.5, 0.6) is 0 Å². The molecule has 0 bridgehead atoms. The van der Waals surface area contributed by atoms with E-state index in [0.717, 1.165) is 77.4 Å². The van der Waals surface area contributed by atoms with Crippen molar-refractivity contribution in [2.24, 2.45) is 0 Å². The lowest BCUT2D eigenvalue weighted by atomic mass is 9.98. The predicted molar refractivity (Wildman–Crippen MR) is 241 cm³/mol. The summed E-state index contributed by atoms with van der Waals surface area (Å²) in [7, 11) is 0. The Morgan fingerprint density at radius 2 is 0.914 bits per heavy atom. The van der Waals surface area contributed by atoms with Crippen molar-refractivity contribution in [1.82, 2.24) is 9.13 Å². The molecule has 0 atom stereocenters. The second-order valence-corrected chi connectivity index (χ2v) is 15.2. The molecule has 0 unspecified atom stereocenters. The minimum Gasteiger partial charge on any atom is -0.456 e. The summed E-state index contributed by atoms with van der Waals surface area (Å²) in [5, 5.41) is 9.31. The molecule has 13 aromatic rings. The molecular formula is C54H32N2O2. The molecule has 58 heavy (non-hydrogen) atoms. The van der Waals surface area contributed by atoms with Gasteiger partial charge in [-0.2, -0.15) is 0 Å². The smallest absolute Gasteiger partial charge is 0.159 e. The Hall–Kier alpha value is -7.82. The van der Waals surface area contributed by atoms with E-state index in [1.165, 1.54) is 43.7 Å². The van der Waals surface area contributed by atoms with Gasteiger partial charge >= 0.3 is 0 Å². The Morgan fingerprint density at radius 1 is 0.310 bits per heavy atom. The molecule has 270 valence electrons. The molecule has 0 fully saturated rings. The van der Waals surface area contributed by atoms with E-state index in [2.05, 4.69) is 185 Å². The summed E-state index contributed by atoms with van der Waals surface area (Å²) >= 11 is 0. The highest BCUT2D eigenvalue weighted by molar-refractivity contribution is 6.29. The first-order valence-electron chi connectivity index (χ1n) is 19.8. The van der Waals surface area contributed by atoms with Crippen molar-refractivity contribution in [3.8, 4) is 33.6 Å². The van der Waals surface area contributed by atoms with Gasteiger partial charge in [-0.15, -0.1) is 0 Å². The van der Waals surface area contributed by atoms with E-state index < -0.39 is 0 Å². The molecule has 0 aliphatic carbocycles. The zero-order chi connectivity index (χ0) is 37.9. The van der Waals surface area contributed by atoms with Gasteiger partial charge in [-0.1, -0.05) is 133 Å². The first-order valence-corrected chi connectivity index (χ1v) is 19.8. The molecule has 0 saturated heterocycles. The summed E-state index contributed by atoms with van der Waals surface area (Å²) in [5.74, 6) is 0. The molecule has 4 aromatic heterocycles. The molecule has 9 aromatic carbocycles. The van der Waals surface area contributed by atoms with E-state index >= 15 is 0 Å². The SMILES string of the molecule is c1ccc(-c2ccc(-n3c4ccccc4c4c5c6ccc(-c7cccc8oc9ccccc9c78)cc6n(-c6cccc7c6oc6ccccc67)c5ccc43)cc2)cc1. The van der Waals surface area contributed by atoms with E-state index in [-0.39, 0.29) is 0 Å². The van der Waals surface area contributed by atoms with Gasteiger partial charge in [0.2, 0.25) is 0 Å². The van der Waals surface area contributed by atoms with Gasteiger partial charge in [0.1, 0.15) is 16.7 Å². The van der Waals surface area contributed by atoms with Crippen LogP contribution in [-0.4, -0.2) is 9.13 Å². The fraction of sp³-hybridized carbons (Fsp3) is 0. The Balaban J connectivity index is 1.14. The average Bonchev–Trinajstić information content (AvgIpc) is 4.04. The number of aromatic nitrogens is 2. The lowest BCUT2D eigenvalue weighted by molar-refractivity contribution is 0.666. The van der Waals surface area contributed by atoms with E-state index in [0.29, 0.717) is 0 Å². The third-order valence-electron chi connectivity index (χ3n) is 12.1. The van der Waals surface area contributed by atoms with Crippen LogP contribution in [0, 0.1) is 0 Å². The van der Waals surface area contributed by atoms with Crippen LogP contribution in [0.25, 0.3) is 121 Å². The maximum absolute atomic E-state index is 6.74. The summed E-state index contributed by atoms with van der Waals surface area (Å²) < 4.78 is 17.9. The third kappa shape index (κ3) is 4.34. The molecule has 0 saturated carbocycles. The molecule has 4 nitrogen and oxygen atoms in total. The quantitative estimate of drug-likeness (QED) is 0.180. The van der Waals surface area contributed by atoms with Gasteiger partial charge in [0, 0.05) is 48.8 Å². The van der Waals surface area contributed by atoms with E-state index in [9.17, 15) is 0 Å². The van der Waals surface area contributed by atoms with E-state index in [1.807, 2.05) is 18.2 Å². The van der Waals surface area contributed by atoms with Gasteiger partial charge in [-0.25, -0.2) is 0 Å². The van der Waals surface area contributed by atoms with Gasteiger partial charge in [0.15, 0.2) is 5.58 Å². The Labute approximate surface area is 332 Å². The van der Waals surface area contributed by atoms with Gasteiger partial charge < -0.3 is 18.0 Å². The molecule has 0 aliphatic heterocycles. The standard InChI is InChI=1S/C54H32N2O2/c1-2-12-33(13-3-1)34-24-27-36(28-25-34)55-43-19-7-4-15-40(43)52-44(55)30-31-45-53(52)41-29-26-35(37-17-11-23-50-51(37)42-16-6-9-22-49(42)57-50)32-47(41)56(45)46-20-10-18-39-38-14-5-8-21-48(38)58-54(39)46/h1-32H. The molecule has 13 rings (SSSR count). The van der Waals surface area contributed by atoms with Gasteiger partial charge in [-0.3, -0.25) is 0 Å². The number of rotatable bonds is 4. The number of para-hydroxylation sites is 4. The highest BCUT2D eigenvalue weighted by Gasteiger charge is 2.23. The van der Waals surface area contributed by atoms with Crippen LogP contribution in [0.4, 0.5) is 0 Å². The van der Waals surface area contributed by atoms with Crippen molar-refractivity contribution >= 4 is 87.5 Å². The first-order chi connectivity index (χ1) is 28.8. The molecular weight excluding hydrogens is 709 g/mol. The van der Waals surface area contributed by atoms with Crippen molar-refractivity contribution in [2.45, 2.75) is 0 Å². The number of benzene rings is 9. The summed E-state index contributed by atoms with van der Waals surface area (Å²) in [4.78, 5) is 0. The fourth-order valence-corrected chi connectivity index (χ4v) is 9.63. The average molecular weight is 741 g/mol. The van der Waals surface area contributed by atoms with Crippen LogP contribution >= 0.6 is 0 Å². The first kappa shape index (κ1) is 31.4. The van der Waals surface area contributed by atoms with Crippen LogP contribution in [0.15, 0.2) is 203 Å². The minimum absolute atomic E-state index is 0.872. The Bertz CT molecular complexity index is 3780. The zero-order valence-corrected chi connectivity index (χ0v) is 31.2. The molecule has 0 radical (unpaired) electrons.